The molecule has 1 atom stereocenters. The largest absolute Gasteiger partial charge is 0.346 e. The summed E-state index contributed by atoms with van der Waals surface area (Å²) in [7, 11) is -1.80. The van der Waals surface area contributed by atoms with E-state index in [4.69, 9.17) is 0 Å². The van der Waals surface area contributed by atoms with Crippen molar-refractivity contribution in [2.24, 2.45) is 0 Å². The standard InChI is InChI=1S/C20H26N2O3S/c1-5-16-7-9-17(10-8-16)15(3)21-20(23)18-11-13-19(14-12-18)22(4)26(24,25)6-2/h7-15H,5-6H2,1-4H3,(H,21,23). The van der Waals surface area contributed by atoms with Crippen LogP contribution in [0.5, 0.6) is 0 Å². The molecule has 2 aromatic carbocycles. The summed E-state index contributed by atoms with van der Waals surface area (Å²) in [5, 5.41) is 2.97. The molecule has 5 nitrogen and oxygen atoms in total. The normalized spacial score (nSPS) is 12.5. The summed E-state index contributed by atoms with van der Waals surface area (Å²) in [6.45, 7) is 5.64. The molecule has 0 saturated heterocycles. The van der Waals surface area contributed by atoms with E-state index in [1.54, 1.807) is 31.2 Å². The summed E-state index contributed by atoms with van der Waals surface area (Å²) < 4.78 is 25.1. The van der Waals surface area contributed by atoms with Crippen LogP contribution in [0.25, 0.3) is 0 Å². The van der Waals surface area contributed by atoms with Gasteiger partial charge >= 0.3 is 0 Å². The smallest absolute Gasteiger partial charge is 0.251 e. The van der Waals surface area contributed by atoms with Crippen molar-refractivity contribution in [3.8, 4) is 0 Å². The Kier molecular flexibility index (Phi) is 6.42. The Morgan fingerprint density at radius 3 is 2.12 bits per heavy atom. The molecule has 2 aromatic rings. The molecule has 0 aliphatic carbocycles. The van der Waals surface area contributed by atoms with E-state index in [2.05, 4.69) is 24.4 Å². The van der Waals surface area contributed by atoms with Gasteiger partial charge in [0.2, 0.25) is 10.0 Å². The molecule has 0 aliphatic heterocycles. The van der Waals surface area contributed by atoms with Gasteiger partial charge in [-0.15, -0.1) is 0 Å². The first-order chi connectivity index (χ1) is 12.3. The summed E-state index contributed by atoms with van der Waals surface area (Å²) in [6.07, 6.45) is 0.982. The predicted molar refractivity (Wildman–Crippen MR) is 106 cm³/mol. The maximum absolute atomic E-state index is 12.4. The topological polar surface area (TPSA) is 66.5 Å². The first kappa shape index (κ1) is 20.0. The molecule has 140 valence electrons. The molecule has 1 N–H and O–H groups in total. The van der Waals surface area contributed by atoms with E-state index in [1.807, 2.05) is 19.1 Å². The summed E-state index contributed by atoms with van der Waals surface area (Å²) in [4.78, 5) is 12.4. The van der Waals surface area contributed by atoms with Crippen LogP contribution >= 0.6 is 0 Å². The van der Waals surface area contributed by atoms with Crippen LogP contribution in [0.2, 0.25) is 0 Å². The van der Waals surface area contributed by atoms with Gasteiger partial charge in [-0.25, -0.2) is 8.42 Å². The van der Waals surface area contributed by atoms with Gasteiger partial charge in [-0.05, 0) is 55.7 Å². The highest BCUT2D eigenvalue weighted by Gasteiger charge is 2.17. The van der Waals surface area contributed by atoms with Crippen LogP contribution in [-0.4, -0.2) is 27.1 Å². The van der Waals surface area contributed by atoms with Gasteiger partial charge in [0.05, 0.1) is 17.5 Å². The Balaban J connectivity index is 2.07. The minimum absolute atomic E-state index is 0.0279. The van der Waals surface area contributed by atoms with E-state index in [0.717, 1.165) is 12.0 Å². The minimum Gasteiger partial charge on any atom is -0.346 e. The Morgan fingerprint density at radius 1 is 1.04 bits per heavy atom. The fourth-order valence-corrected chi connectivity index (χ4v) is 3.41. The molecule has 0 spiro atoms. The second kappa shape index (κ2) is 8.36. The predicted octanol–water partition coefficient (Wildman–Crippen LogP) is 3.53. The number of nitrogens with one attached hydrogen (secondary N) is 1. The van der Waals surface area contributed by atoms with Crippen LogP contribution in [0.1, 0.15) is 48.3 Å². The van der Waals surface area contributed by atoms with Crippen LogP contribution in [0, 0.1) is 0 Å². The van der Waals surface area contributed by atoms with E-state index < -0.39 is 10.0 Å². The molecule has 0 saturated carbocycles. The Morgan fingerprint density at radius 2 is 1.62 bits per heavy atom. The third-order valence-corrected chi connectivity index (χ3v) is 6.29. The lowest BCUT2D eigenvalue weighted by Gasteiger charge is -2.19. The summed E-state index contributed by atoms with van der Waals surface area (Å²) in [6, 6.07) is 14.6. The lowest BCUT2D eigenvalue weighted by molar-refractivity contribution is 0.0940. The number of sulfonamides is 1. The monoisotopic (exact) mass is 374 g/mol. The molecule has 0 aliphatic rings. The fourth-order valence-electron chi connectivity index (χ4n) is 2.58. The van der Waals surface area contributed by atoms with Crippen LogP contribution in [0.15, 0.2) is 48.5 Å². The number of carbonyl (C=O) groups excluding carboxylic acids is 1. The highest BCUT2D eigenvalue weighted by molar-refractivity contribution is 7.92. The Bertz CT molecular complexity index is 844. The third-order valence-electron chi connectivity index (χ3n) is 4.51. The SMILES string of the molecule is CCc1ccc(C(C)NC(=O)c2ccc(N(C)S(=O)(=O)CC)cc2)cc1. The second-order valence-electron chi connectivity index (χ2n) is 6.21. The van der Waals surface area contributed by atoms with Gasteiger partial charge in [0.1, 0.15) is 0 Å². The van der Waals surface area contributed by atoms with E-state index in [-0.39, 0.29) is 17.7 Å². The van der Waals surface area contributed by atoms with Crippen molar-refractivity contribution >= 4 is 21.6 Å². The highest BCUT2D eigenvalue weighted by Crippen LogP contribution is 2.19. The zero-order chi connectivity index (χ0) is 19.3. The summed E-state index contributed by atoms with van der Waals surface area (Å²) in [5.74, 6) is -0.162. The minimum atomic E-state index is -3.31. The number of nitrogens with zero attached hydrogens (tertiary/aromatic N) is 1. The van der Waals surface area contributed by atoms with Gasteiger partial charge in [0.15, 0.2) is 0 Å². The first-order valence-electron chi connectivity index (χ1n) is 8.74. The number of hydrogen-bond donors (Lipinski definition) is 1. The molecule has 0 radical (unpaired) electrons. The number of anilines is 1. The van der Waals surface area contributed by atoms with Gasteiger partial charge in [-0.3, -0.25) is 9.10 Å². The molecule has 1 unspecified atom stereocenters. The fraction of sp³-hybridized carbons (Fsp3) is 0.350. The van der Waals surface area contributed by atoms with Gasteiger partial charge in [0.25, 0.3) is 5.91 Å². The van der Waals surface area contributed by atoms with E-state index in [0.29, 0.717) is 11.3 Å². The molecule has 0 fully saturated rings. The summed E-state index contributed by atoms with van der Waals surface area (Å²) >= 11 is 0. The van der Waals surface area contributed by atoms with Gasteiger partial charge in [0, 0.05) is 12.6 Å². The molecule has 1 amide bonds. The molecule has 0 heterocycles. The number of hydrogen-bond acceptors (Lipinski definition) is 3. The molecular weight excluding hydrogens is 348 g/mol. The summed E-state index contributed by atoms with van der Waals surface area (Å²) in [5.41, 5.74) is 3.33. The zero-order valence-corrected chi connectivity index (χ0v) is 16.5. The molecule has 0 aromatic heterocycles. The van der Waals surface area contributed by atoms with Crippen LogP contribution in [0.4, 0.5) is 5.69 Å². The van der Waals surface area contributed by atoms with Gasteiger partial charge in [-0.1, -0.05) is 31.2 Å². The second-order valence-corrected chi connectivity index (χ2v) is 8.49. The van der Waals surface area contributed by atoms with Crippen molar-refractivity contribution in [3.63, 3.8) is 0 Å². The van der Waals surface area contributed by atoms with Crippen molar-refractivity contribution in [2.45, 2.75) is 33.2 Å². The number of carbonyl (C=O) groups is 1. The molecular formula is C20H26N2O3S. The number of benzene rings is 2. The van der Waals surface area contributed by atoms with Gasteiger partial charge in [-0.2, -0.15) is 0 Å². The van der Waals surface area contributed by atoms with E-state index >= 15 is 0 Å². The zero-order valence-electron chi connectivity index (χ0n) is 15.7. The van der Waals surface area contributed by atoms with Crippen molar-refractivity contribution in [3.05, 3.63) is 65.2 Å². The average molecular weight is 375 g/mol. The Hall–Kier alpha value is -2.34. The lowest BCUT2D eigenvalue weighted by Crippen LogP contribution is -2.28. The average Bonchev–Trinajstić information content (AvgIpc) is 2.67. The maximum atomic E-state index is 12.4. The van der Waals surface area contributed by atoms with Crippen LogP contribution in [0.3, 0.4) is 0 Å². The first-order valence-corrected chi connectivity index (χ1v) is 10.4. The van der Waals surface area contributed by atoms with Crippen molar-refractivity contribution in [1.82, 2.24) is 5.32 Å². The molecule has 0 bridgehead atoms. The van der Waals surface area contributed by atoms with E-state index in [1.165, 1.54) is 16.9 Å². The number of aryl methyl sites for hydroxylation is 1. The molecule has 6 heteroatoms. The van der Waals surface area contributed by atoms with Crippen molar-refractivity contribution in [2.75, 3.05) is 17.1 Å². The van der Waals surface area contributed by atoms with Crippen LogP contribution < -0.4 is 9.62 Å². The molecule has 26 heavy (non-hydrogen) atoms. The van der Waals surface area contributed by atoms with E-state index in [9.17, 15) is 13.2 Å². The lowest BCUT2D eigenvalue weighted by atomic mass is 10.0. The third kappa shape index (κ3) is 4.64. The van der Waals surface area contributed by atoms with Gasteiger partial charge < -0.3 is 5.32 Å². The highest BCUT2D eigenvalue weighted by atomic mass is 32.2. The van der Waals surface area contributed by atoms with Crippen LogP contribution in [-0.2, 0) is 16.4 Å². The van der Waals surface area contributed by atoms with Crippen molar-refractivity contribution < 1.29 is 13.2 Å². The number of rotatable bonds is 7. The van der Waals surface area contributed by atoms with Crippen molar-refractivity contribution in [1.29, 1.82) is 0 Å². The quantitative estimate of drug-likeness (QED) is 0.806. The molecule has 2 rings (SSSR count). The number of amides is 1. The maximum Gasteiger partial charge on any atom is 0.251 e. The Labute approximate surface area is 156 Å².